The molecule has 9 heteroatoms. The Morgan fingerprint density at radius 3 is 2.88 bits per heavy atom. The van der Waals surface area contributed by atoms with Crippen LogP contribution in [0.25, 0.3) is 11.5 Å². The van der Waals surface area contributed by atoms with Crippen molar-refractivity contribution in [2.24, 2.45) is 0 Å². The fourth-order valence-corrected chi connectivity index (χ4v) is 3.12. The number of aliphatic hydroxyl groups is 1. The van der Waals surface area contributed by atoms with Gasteiger partial charge in [-0.05, 0) is 24.6 Å². The van der Waals surface area contributed by atoms with Crippen molar-refractivity contribution in [3.05, 3.63) is 36.7 Å². The molecule has 3 heterocycles. The molecule has 2 amide bonds. The van der Waals surface area contributed by atoms with Gasteiger partial charge in [-0.25, -0.2) is 4.68 Å². The number of likely N-dealkylation sites (N-methyl/N-ethyl adjacent to an activating group) is 1. The lowest BCUT2D eigenvalue weighted by molar-refractivity contribution is -0.140. The van der Waals surface area contributed by atoms with Crippen LogP contribution >= 0.6 is 0 Å². The first-order valence-electron chi connectivity index (χ1n) is 8.23. The van der Waals surface area contributed by atoms with Crippen LogP contribution in [0.1, 0.15) is 19.4 Å². The van der Waals surface area contributed by atoms with Gasteiger partial charge in [0.25, 0.3) is 5.91 Å². The summed E-state index contributed by atoms with van der Waals surface area (Å²) in [4.78, 5) is 26.6. The number of likely N-dealkylation sites (tertiary alicyclic amines) is 1. The van der Waals surface area contributed by atoms with Gasteiger partial charge >= 0.3 is 0 Å². The topological polar surface area (TPSA) is 113 Å². The number of aromatic nitrogens is 3. The predicted molar refractivity (Wildman–Crippen MR) is 91.8 cm³/mol. The zero-order chi connectivity index (χ0) is 18.8. The van der Waals surface area contributed by atoms with E-state index in [0.717, 1.165) is 0 Å². The summed E-state index contributed by atoms with van der Waals surface area (Å²) in [5.41, 5.74) is 1.03. The third-order valence-electron chi connectivity index (χ3n) is 4.36. The van der Waals surface area contributed by atoms with E-state index in [4.69, 9.17) is 4.42 Å². The largest absolute Gasteiger partial charge is 0.463 e. The second-order valence-electron chi connectivity index (χ2n) is 6.32. The van der Waals surface area contributed by atoms with Crippen molar-refractivity contribution in [1.82, 2.24) is 25.2 Å². The standard InChI is InChI=1S/C17H21N5O4/c1-10(2)15(22-9-12(19-20-22)14-5-4-6-26-14)17(25)21-8-11(23)7-13(21)16(24)18-3/h4-6,9,11,13,15,23H,1,7-8H2,2-3H3,(H,18,24)/t11-,13+,15+/m1/s1. The van der Waals surface area contributed by atoms with E-state index >= 15 is 0 Å². The summed E-state index contributed by atoms with van der Waals surface area (Å²) in [6.45, 7) is 5.67. The molecule has 3 rings (SSSR count). The van der Waals surface area contributed by atoms with Crippen molar-refractivity contribution in [3.8, 4) is 11.5 Å². The molecule has 26 heavy (non-hydrogen) atoms. The summed E-state index contributed by atoms with van der Waals surface area (Å²) in [6, 6.07) is 1.92. The number of carbonyl (C=O) groups is 2. The molecule has 1 aliphatic heterocycles. The summed E-state index contributed by atoms with van der Waals surface area (Å²) in [5, 5.41) is 20.5. The van der Waals surface area contributed by atoms with Crippen molar-refractivity contribution in [1.29, 1.82) is 0 Å². The van der Waals surface area contributed by atoms with Crippen LogP contribution in [0.15, 0.2) is 41.2 Å². The molecular formula is C17H21N5O4. The van der Waals surface area contributed by atoms with Crippen LogP contribution < -0.4 is 5.32 Å². The zero-order valence-electron chi connectivity index (χ0n) is 14.6. The van der Waals surface area contributed by atoms with E-state index < -0.39 is 18.2 Å². The summed E-state index contributed by atoms with van der Waals surface area (Å²) in [7, 11) is 1.50. The van der Waals surface area contributed by atoms with E-state index in [0.29, 0.717) is 17.0 Å². The third kappa shape index (κ3) is 3.25. The lowest BCUT2D eigenvalue weighted by atomic mass is 10.1. The molecule has 0 unspecified atom stereocenters. The van der Waals surface area contributed by atoms with Crippen LogP contribution in [-0.4, -0.2) is 62.6 Å². The monoisotopic (exact) mass is 359 g/mol. The number of rotatable bonds is 5. The predicted octanol–water partition coefficient (Wildman–Crippen LogP) is 0.363. The van der Waals surface area contributed by atoms with E-state index in [-0.39, 0.29) is 24.8 Å². The Balaban J connectivity index is 1.89. The molecule has 3 atom stereocenters. The fraction of sp³-hybridized carbons (Fsp3) is 0.412. The van der Waals surface area contributed by atoms with Crippen LogP contribution in [0.2, 0.25) is 0 Å². The minimum atomic E-state index is -0.830. The van der Waals surface area contributed by atoms with Crippen molar-refractivity contribution in [2.45, 2.75) is 31.5 Å². The van der Waals surface area contributed by atoms with Gasteiger partial charge < -0.3 is 19.7 Å². The number of furan rings is 1. The van der Waals surface area contributed by atoms with Gasteiger partial charge in [-0.15, -0.1) is 5.10 Å². The molecule has 0 aromatic carbocycles. The molecule has 2 aromatic heterocycles. The molecule has 138 valence electrons. The lowest BCUT2D eigenvalue weighted by Crippen LogP contribution is -2.47. The van der Waals surface area contributed by atoms with Crippen LogP contribution in [0.3, 0.4) is 0 Å². The SMILES string of the molecule is C=C(C)[C@@H](C(=O)N1C[C@H](O)C[C@H]1C(=O)NC)n1cc(-c2ccco2)nn1. The van der Waals surface area contributed by atoms with Gasteiger partial charge in [0, 0.05) is 20.0 Å². The smallest absolute Gasteiger partial charge is 0.252 e. The van der Waals surface area contributed by atoms with Crippen molar-refractivity contribution in [2.75, 3.05) is 13.6 Å². The van der Waals surface area contributed by atoms with Crippen molar-refractivity contribution in [3.63, 3.8) is 0 Å². The summed E-state index contributed by atoms with van der Waals surface area (Å²) >= 11 is 0. The first-order chi connectivity index (χ1) is 12.4. The normalized spacial score (nSPS) is 20.8. The first-order valence-corrected chi connectivity index (χ1v) is 8.23. The number of hydrogen-bond donors (Lipinski definition) is 2. The highest BCUT2D eigenvalue weighted by Gasteiger charge is 2.41. The third-order valence-corrected chi connectivity index (χ3v) is 4.36. The Bertz CT molecular complexity index is 813. The molecule has 1 fully saturated rings. The molecule has 0 aliphatic carbocycles. The molecule has 1 aliphatic rings. The molecular weight excluding hydrogens is 338 g/mol. The van der Waals surface area contributed by atoms with Crippen molar-refractivity contribution >= 4 is 11.8 Å². The van der Waals surface area contributed by atoms with Crippen LogP contribution in [-0.2, 0) is 9.59 Å². The maximum Gasteiger partial charge on any atom is 0.252 e. The van der Waals surface area contributed by atoms with E-state index in [1.807, 2.05) is 0 Å². The molecule has 2 aromatic rings. The molecule has 2 N–H and O–H groups in total. The van der Waals surface area contributed by atoms with Crippen LogP contribution in [0, 0.1) is 0 Å². The van der Waals surface area contributed by atoms with Crippen LogP contribution in [0.4, 0.5) is 0 Å². The number of aliphatic hydroxyl groups excluding tert-OH is 1. The van der Waals surface area contributed by atoms with Gasteiger partial charge in [-0.3, -0.25) is 9.59 Å². The van der Waals surface area contributed by atoms with E-state index in [2.05, 4.69) is 22.2 Å². The maximum atomic E-state index is 13.1. The van der Waals surface area contributed by atoms with Gasteiger partial charge in [0.05, 0.1) is 18.6 Å². The van der Waals surface area contributed by atoms with Gasteiger partial charge in [0.1, 0.15) is 11.7 Å². The highest BCUT2D eigenvalue weighted by molar-refractivity contribution is 5.91. The quantitative estimate of drug-likeness (QED) is 0.746. The Kier molecular flexibility index (Phi) is 4.90. The Labute approximate surface area is 150 Å². The Hall–Kier alpha value is -2.94. The second-order valence-corrected chi connectivity index (χ2v) is 6.32. The molecule has 0 saturated carbocycles. The number of nitrogens with zero attached hydrogens (tertiary/aromatic N) is 4. The van der Waals surface area contributed by atoms with E-state index in [1.54, 1.807) is 25.3 Å². The van der Waals surface area contributed by atoms with Gasteiger partial charge in [-0.2, -0.15) is 0 Å². The number of carbonyl (C=O) groups excluding carboxylic acids is 2. The minimum Gasteiger partial charge on any atom is -0.463 e. The fourth-order valence-electron chi connectivity index (χ4n) is 3.12. The number of hydrogen-bond acceptors (Lipinski definition) is 6. The molecule has 9 nitrogen and oxygen atoms in total. The maximum absolute atomic E-state index is 13.1. The highest BCUT2D eigenvalue weighted by Crippen LogP contribution is 2.27. The summed E-state index contributed by atoms with van der Waals surface area (Å²) in [6.07, 6.45) is 2.57. The number of β-amino-alcohol motifs (C(OH)–C–C–N with tert-alkyl or cyclic N) is 1. The lowest BCUT2D eigenvalue weighted by Gasteiger charge is -2.27. The number of amides is 2. The molecule has 0 bridgehead atoms. The van der Waals surface area contributed by atoms with Gasteiger partial charge in [0.2, 0.25) is 5.91 Å². The Morgan fingerprint density at radius 1 is 1.50 bits per heavy atom. The average Bonchev–Trinajstić information content (AvgIpc) is 3.33. The first kappa shape index (κ1) is 17.9. The van der Waals surface area contributed by atoms with Crippen molar-refractivity contribution < 1.29 is 19.1 Å². The summed E-state index contributed by atoms with van der Waals surface area (Å²) in [5.74, 6) is -0.146. The second kappa shape index (κ2) is 7.12. The number of nitrogens with one attached hydrogen (secondary N) is 1. The molecule has 1 saturated heterocycles. The zero-order valence-corrected chi connectivity index (χ0v) is 14.6. The molecule has 0 radical (unpaired) electrons. The van der Waals surface area contributed by atoms with Gasteiger partial charge in [0.15, 0.2) is 11.8 Å². The highest BCUT2D eigenvalue weighted by atomic mass is 16.3. The Morgan fingerprint density at radius 2 is 2.27 bits per heavy atom. The average molecular weight is 359 g/mol. The van der Waals surface area contributed by atoms with E-state index in [9.17, 15) is 14.7 Å². The summed E-state index contributed by atoms with van der Waals surface area (Å²) < 4.78 is 6.69. The van der Waals surface area contributed by atoms with E-state index in [1.165, 1.54) is 22.9 Å². The van der Waals surface area contributed by atoms with Crippen LogP contribution in [0.5, 0.6) is 0 Å². The van der Waals surface area contributed by atoms with Gasteiger partial charge in [-0.1, -0.05) is 11.8 Å². The molecule has 0 spiro atoms. The minimum absolute atomic E-state index is 0.0838.